The van der Waals surface area contributed by atoms with Crippen LogP contribution in [0.15, 0.2) is 24.3 Å². The highest BCUT2D eigenvalue weighted by Crippen LogP contribution is 2.43. The quantitative estimate of drug-likeness (QED) is 0.722. The molecule has 0 amide bonds. The molecule has 114 valence electrons. The summed E-state index contributed by atoms with van der Waals surface area (Å²) in [4.78, 5) is 2.41. The zero-order valence-electron chi connectivity index (χ0n) is 12.6. The predicted octanol–water partition coefficient (Wildman–Crippen LogP) is 4.66. The highest BCUT2D eigenvalue weighted by molar-refractivity contribution is 7.12. The van der Waals surface area contributed by atoms with Gasteiger partial charge in [-0.25, -0.2) is 0 Å². The van der Waals surface area contributed by atoms with Crippen molar-refractivity contribution in [3.8, 4) is 17.2 Å². The molecule has 2 rings (SSSR count). The van der Waals surface area contributed by atoms with Crippen molar-refractivity contribution >= 4 is 22.9 Å². The third-order valence-corrected chi connectivity index (χ3v) is 5.18. The Morgan fingerprint density at radius 1 is 1.00 bits per heavy atom. The van der Waals surface area contributed by atoms with E-state index in [2.05, 4.69) is 19.1 Å². The average Bonchev–Trinajstić information content (AvgIpc) is 3.01. The second-order valence-electron chi connectivity index (χ2n) is 4.47. The van der Waals surface area contributed by atoms with Crippen molar-refractivity contribution in [2.75, 3.05) is 21.3 Å². The van der Waals surface area contributed by atoms with Crippen LogP contribution < -0.4 is 14.2 Å². The first-order chi connectivity index (χ1) is 10.1. The lowest BCUT2D eigenvalue weighted by atomic mass is 10.1. The van der Waals surface area contributed by atoms with Crippen molar-refractivity contribution in [2.24, 2.45) is 0 Å². The lowest BCUT2D eigenvalue weighted by molar-refractivity contribution is 0.347. The molecule has 0 fully saturated rings. The van der Waals surface area contributed by atoms with Gasteiger partial charge in [0.05, 0.1) is 26.7 Å². The minimum Gasteiger partial charge on any atom is -0.496 e. The molecule has 1 heterocycles. The SMILES string of the molecule is CCc1ccc(C(Cl)c2cc(OC)c(OC)cc2OC)s1. The molecule has 5 heteroatoms. The Kier molecular flexibility index (Phi) is 5.37. The zero-order valence-corrected chi connectivity index (χ0v) is 14.2. The van der Waals surface area contributed by atoms with Crippen LogP contribution in [0.1, 0.15) is 27.6 Å². The molecule has 0 aliphatic carbocycles. The minimum atomic E-state index is -0.273. The van der Waals surface area contributed by atoms with Gasteiger partial charge in [0.25, 0.3) is 0 Å². The van der Waals surface area contributed by atoms with Gasteiger partial charge in [0, 0.05) is 21.4 Å². The smallest absolute Gasteiger partial charge is 0.164 e. The fourth-order valence-electron chi connectivity index (χ4n) is 2.12. The van der Waals surface area contributed by atoms with E-state index < -0.39 is 0 Å². The first-order valence-corrected chi connectivity index (χ1v) is 7.92. The van der Waals surface area contributed by atoms with Crippen LogP contribution >= 0.6 is 22.9 Å². The molecule has 0 bridgehead atoms. The first kappa shape index (κ1) is 16.0. The maximum Gasteiger partial charge on any atom is 0.164 e. The average molecular weight is 327 g/mol. The van der Waals surface area contributed by atoms with Gasteiger partial charge in [0.1, 0.15) is 5.75 Å². The maximum atomic E-state index is 6.64. The van der Waals surface area contributed by atoms with Gasteiger partial charge in [0.2, 0.25) is 0 Å². The van der Waals surface area contributed by atoms with Crippen LogP contribution in [0.3, 0.4) is 0 Å². The standard InChI is InChI=1S/C16H19ClO3S/c1-5-10-6-7-15(21-10)16(17)11-8-13(19-3)14(20-4)9-12(11)18-2/h6-9,16H,5H2,1-4H3. The second kappa shape index (κ2) is 7.05. The van der Waals surface area contributed by atoms with E-state index in [0.29, 0.717) is 17.2 Å². The largest absolute Gasteiger partial charge is 0.496 e. The predicted molar refractivity (Wildman–Crippen MR) is 87.5 cm³/mol. The summed E-state index contributed by atoms with van der Waals surface area (Å²) in [5.41, 5.74) is 0.876. The summed E-state index contributed by atoms with van der Waals surface area (Å²) in [7, 11) is 4.83. The lowest BCUT2D eigenvalue weighted by Gasteiger charge is -2.16. The Morgan fingerprint density at radius 3 is 2.14 bits per heavy atom. The molecule has 1 aromatic carbocycles. The normalized spacial score (nSPS) is 12.0. The summed E-state index contributed by atoms with van der Waals surface area (Å²) in [6.07, 6.45) is 1.01. The summed E-state index contributed by atoms with van der Waals surface area (Å²) < 4.78 is 16.1. The zero-order chi connectivity index (χ0) is 15.4. The number of rotatable bonds is 6. The molecule has 0 saturated carbocycles. The van der Waals surface area contributed by atoms with E-state index in [1.807, 2.05) is 6.07 Å². The van der Waals surface area contributed by atoms with Gasteiger partial charge >= 0.3 is 0 Å². The van der Waals surface area contributed by atoms with E-state index in [1.165, 1.54) is 4.88 Å². The summed E-state index contributed by atoms with van der Waals surface area (Å²) in [5.74, 6) is 1.97. The van der Waals surface area contributed by atoms with Crippen LogP contribution in [0, 0.1) is 0 Å². The number of thiophene rings is 1. The number of ether oxygens (including phenoxy) is 3. The maximum absolute atomic E-state index is 6.64. The highest BCUT2D eigenvalue weighted by atomic mass is 35.5. The van der Waals surface area contributed by atoms with Crippen molar-refractivity contribution in [3.63, 3.8) is 0 Å². The Hall–Kier alpha value is -1.39. The lowest BCUT2D eigenvalue weighted by Crippen LogP contribution is -1.99. The first-order valence-electron chi connectivity index (χ1n) is 6.67. The Bertz CT molecular complexity index is 610. The van der Waals surface area contributed by atoms with Crippen LogP contribution in [0.2, 0.25) is 0 Å². The van der Waals surface area contributed by atoms with Crippen LogP contribution in [0.4, 0.5) is 0 Å². The van der Waals surface area contributed by atoms with Crippen molar-refractivity contribution in [1.82, 2.24) is 0 Å². The topological polar surface area (TPSA) is 27.7 Å². The number of aryl methyl sites for hydroxylation is 1. The molecule has 2 aromatic rings. The van der Waals surface area contributed by atoms with Crippen molar-refractivity contribution < 1.29 is 14.2 Å². The van der Waals surface area contributed by atoms with Crippen molar-refractivity contribution in [2.45, 2.75) is 18.7 Å². The van der Waals surface area contributed by atoms with E-state index >= 15 is 0 Å². The summed E-state index contributed by atoms with van der Waals surface area (Å²) in [6, 6.07) is 7.86. The Labute approximate surface area is 134 Å². The molecule has 0 spiro atoms. The van der Waals surface area contributed by atoms with Gasteiger partial charge in [-0.05, 0) is 24.6 Å². The summed E-state index contributed by atoms with van der Waals surface area (Å²) in [5, 5.41) is -0.273. The Balaban J connectivity index is 2.45. The van der Waals surface area contributed by atoms with Gasteiger partial charge in [-0.2, -0.15) is 0 Å². The van der Waals surface area contributed by atoms with Gasteiger partial charge in [-0.1, -0.05) is 6.92 Å². The molecule has 1 atom stereocenters. The van der Waals surface area contributed by atoms with Crippen molar-refractivity contribution in [3.05, 3.63) is 39.6 Å². The third-order valence-electron chi connectivity index (χ3n) is 3.29. The number of halogens is 1. The molecule has 21 heavy (non-hydrogen) atoms. The fourth-order valence-corrected chi connectivity index (χ4v) is 3.45. The van der Waals surface area contributed by atoms with E-state index in [-0.39, 0.29) is 5.38 Å². The molecule has 3 nitrogen and oxygen atoms in total. The van der Waals surface area contributed by atoms with Crippen LogP contribution in [-0.2, 0) is 6.42 Å². The van der Waals surface area contributed by atoms with Gasteiger partial charge < -0.3 is 14.2 Å². The van der Waals surface area contributed by atoms with Gasteiger partial charge in [-0.3, -0.25) is 0 Å². The summed E-state index contributed by atoms with van der Waals surface area (Å²) >= 11 is 8.36. The molecule has 1 aromatic heterocycles. The summed E-state index contributed by atoms with van der Waals surface area (Å²) in [6.45, 7) is 2.13. The molecular formula is C16H19ClO3S. The molecule has 0 aliphatic heterocycles. The molecule has 0 N–H and O–H groups in total. The molecule has 0 aliphatic rings. The second-order valence-corrected chi connectivity index (χ2v) is 6.11. The van der Waals surface area contributed by atoms with Crippen LogP contribution in [0.25, 0.3) is 0 Å². The van der Waals surface area contributed by atoms with E-state index in [4.69, 9.17) is 25.8 Å². The fraction of sp³-hybridized carbons (Fsp3) is 0.375. The number of hydrogen-bond acceptors (Lipinski definition) is 4. The molecule has 0 saturated heterocycles. The van der Waals surface area contributed by atoms with Gasteiger partial charge in [-0.15, -0.1) is 22.9 Å². The van der Waals surface area contributed by atoms with E-state index in [1.54, 1.807) is 38.7 Å². The van der Waals surface area contributed by atoms with Crippen LogP contribution in [-0.4, -0.2) is 21.3 Å². The highest BCUT2D eigenvalue weighted by Gasteiger charge is 2.21. The number of alkyl halides is 1. The van der Waals surface area contributed by atoms with Crippen LogP contribution in [0.5, 0.6) is 17.2 Å². The Morgan fingerprint density at radius 2 is 1.62 bits per heavy atom. The molecular weight excluding hydrogens is 308 g/mol. The number of hydrogen-bond donors (Lipinski definition) is 0. The third kappa shape index (κ3) is 3.27. The van der Waals surface area contributed by atoms with Gasteiger partial charge in [0.15, 0.2) is 11.5 Å². The van der Waals surface area contributed by atoms with Crippen molar-refractivity contribution in [1.29, 1.82) is 0 Å². The van der Waals surface area contributed by atoms with E-state index in [0.717, 1.165) is 16.9 Å². The number of benzene rings is 1. The monoisotopic (exact) mass is 326 g/mol. The molecule has 1 unspecified atom stereocenters. The van der Waals surface area contributed by atoms with E-state index in [9.17, 15) is 0 Å². The molecule has 0 radical (unpaired) electrons. The number of methoxy groups -OCH3 is 3. The minimum absolute atomic E-state index is 0.273.